The summed E-state index contributed by atoms with van der Waals surface area (Å²) in [5.41, 5.74) is -9.10. The van der Waals surface area contributed by atoms with Gasteiger partial charge in [0.1, 0.15) is 0 Å². The van der Waals surface area contributed by atoms with E-state index in [1.54, 1.807) is 0 Å². The Morgan fingerprint density at radius 1 is 0.741 bits per heavy atom. The lowest BCUT2D eigenvalue weighted by Gasteiger charge is -2.38. The first-order valence-corrected chi connectivity index (χ1v) is 6.29. The van der Waals surface area contributed by atoms with E-state index in [0.717, 1.165) is 5.32 Å². The van der Waals surface area contributed by atoms with Gasteiger partial charge < -0.3 is 10.6 Å². The molecule has 3 nitrogen and oxygen atoms in total. The summed E-state index contributed by atoms with van der Waals surface area (Å²) in [5.74, 6) is 0. The van der Waals surface area contributed by atoms with Crippen LogP contribution in [0, 0.1) is 0 Å². The van der Waals surface area contributed by atoms with E-state index in [9.17, 15) is 57.5 Å². The van der Waals surface area contributed by atoms with Crippen molar-refractivity contribution in [1.29, 1.82) is 0 Å². The van der Waals surface area contributed by atoms with E-state index in [2.05, 4.69) is 0 Å². The van der Waals surface area contributed by atoms with Crippen molar-refractivity contribution in [3.05, 3.63) is 29.8 Å². The Bertz CT molecular complexity index is 649. The molecule has 0 saturated carbocycles. The Morgan fingerprint density at radius 2 is 1.19 bits per heavy atom. The van der Waals surface area contributed by atoms with Crippen molar-refractivity contribution in [2.45, 2.75) is 30.2 Å². The molecule has 154 valence electrons. The molecule has 0 aliphatic carbocycles. The van der Waals surface area contributed by atoms with Crippen molar-refractivity contribution >= 4 is 11.7 Å². The zero-order valence-corrected chi connectivity index (χ0v) is 12.3. The van der Waals surface area contributed by atoms with Gasteiger partial charge in [-0.05, 0) is 18.2 Å². The molecule has 2 N–H and O–H groups in total. The fraction of sp³-hybridized carbons (Fsp3) is 0.417. The standard InChI is InChI=1S/C12H6F12N2O/c13-8(14,15)5-2-1-3-6(4-5)25-7(27)26-9(10(16,17)18,11(19,20)21)12(22,23)24/h1-4H,(H2,25,26,27). The Morgan fingerprint density at radius 3 is 1.56 bits per heavy atom. The second-order valence-electron chi connectivity index (χ2n) is 4.90. The third-order valence-corrected chi connectivity index (χ3v) is 3.02. The van der Waals surface area contributed by atoms with E-state index in [4.69, 9.17) is 0 Å². The zero-order valence-electron chi connectivity index (χ0n) is 12.3. The van der Waals surface area contributed by atoms with Crippen LogP contribution in [0.3, 0.4) is 0 Å². The normalized spacial score (nSPS) is 14.1. The number of hydrogen-bond acceptors (Lipinski definition) is 1. The molecule has 2 amide bonds. The van der Waals surface area contributed by atoms with Crippen molar-refractivity contribution in [1.82, 2.24) is 5.32 Å². The number of carbonyl (C=O) groups is 1. The number of hydrogen-bond donors (Lipinski definition) is 2. The van der Waals surface area contributed by atoms with Crippen molar-refractivity contribution in [2.75, 3.05) is 5.32 Å². The van der Waals surface area contributed by atoms with Gasteiger partial charge in [0.2, 0.25) is 0 Å². The van der Waals surface area contributed by atoms with E-state index >= 15 is 0 Å². The first-order valence-electron chi connectivity index (χ1n) is 6.29. The molecule has 0 fully saturated rings. The van der Waals surface area contributed by atoms with Crippen LogP contribution in [-0.4, -0.2) is 30.1 Å². The first-order chi connectivity index (χ1) is 11.8. The summed E-state index contributed by atoms with van der Waals surface area (Å²) < 4.78 is 151. The van der Waals surface area contributed by atoms with Crippen molar-refractivity contribution in [2.24, 2.45) is 0 Å². The van der Waals surface area contributed by atoms with E-state index in [-0.39, 0.29) is 11.4 Å². The third-order valence-electron chi connectivity index (χ3n) is 3.02. The number of nitrogens with one attached hydrogen (secondary N) is 2. The van der Waals surface area contributed by atoms with E-state index in [1.807, 2.05) is 0 Å². The Kier molecular flexibility index (Phi) is 5.61. The van der Waals surface area contributed by atoms with Gasteiger partial charge in [0, 0.05) is 5.69 Å². The van der Waals surface area contributed by atoms with Crippen LogP contribution >= 0.6 is 0 Å². The molecule has 1 aromatic carbocycles. The molecule has 15 heteroatoms. The summed E-state index contributed by atoms with van der Waals surface area (Å²) in [4.78, 5) is 11.3. The van der Waals surface area contributed by atoms with Gasteiger partial charge in [-0.3, -0.25) is 0 Å². The van der Waals surface area contributed by atoms with Gasteiger partial charge in [0.05, 0.1) is 5.56 Å². The highest BCUT2D eigenvalue weighted by Gasteiger charge is 2.84. The molecule has 27 heavy (non-hydrogen) atoms. The molecule has 0 aliphatic rings. The number of amides is 2. The maximum atomic E-state index is 12.7. The number of urea groups is 1. The van der Waals surface area contributed by atoms with Crippen LogP contribution in [0.5, 0.6) is 0 Å². The number of anilines is 1. The SMILES string of the molecule is O=C(Nc1cccc(C(F)(F)F)c1)NC(C(F)(F)F)(C(F)(F)F)C(F)(F)F. The zero-order chi connectivity index (χ0) is 21.5. The smallest absolute Gasteiger partial charge is 0.308 e. The van der Waals surface area contributed by atoms with Gasteiger partial charge in [-0.1, -0.05) is 6.07 Å². The van der Waals surface area contributed by atoms with Crippen molar-refractivity contribution in [3.63, 3.8) is 0 Å². The highest BCUT2D eigenvalue weighted by Crippen LogP contribution is 2.52. The van der Waals surface area contributed by atoms with Crippen LogP contribution in [-0.2, 0) is 6.18 Å². The van der Waals surface area contributed by atoms with Crippen molar-refractivity contribution in [3.8, 4) is 0 Å². The monoisotopic (exact) mass is 422 g/mol. The topological polar surface area (TPSA) is 41.1 Å². The number of rotatable bonds is 2. The minimum Gasteiger partial charge on any atom is -0.308 e. The average Bonchev–Trinajstić information content (AvgIpc) is 2.40. The van der Waals surface area contributed by atoms with Crippen LogP contribution < -0.4 is 10.6 Å². The van der Waals surface area contributed by atoms with Gasteiger partial charge in [-0.25, -0.2) is 4.79 Å². The lowest BCUT2D eigenvalue weighted by Crippen LogP contribution is -2.75. The molecule has 1 rings (SSSR count). The fourth-order valence-corrected chi connectivity index (χ4v) is 1.80. The van der Waals surface area contributed by atoms with Crippen LogP contribution in [0.1, 0.15) is 5.56 Å². The molecular formula is C12H6F12N2O. The van der Waals surface area contributed by atoms with Gasteiger partial charge in [0.25, 0.3) is 0 Å². The molecule has 0 saturated heterocycles. The maximum absolute atomic E-state index is 12.7. The second kappa shape index (κ2) is 6.67. The Hall–Kier alpha value is -2.35. The molecule has 0 unspecified atom stereocenters. The van der Waals surface area contributed by atoms with Crippen molar-refractivity contribution < 1.29 is 57.5 Å². The average molecular weight is 422 g/mol. The van der Waals surface area contributed by atoms with Gasteiger partial charge in [-0.15, -0.1) is 0 Å². The lowest BCUT2D eigenvalue weighted by molar-refractivity contribution is -0.386. The summed E-state index contributed by atoms with van der Waals surface area (Å²) in [5, 5.41) is 0.827. The quantitative estimate of drug-likeness (QED) is 0.628. The first kappa shape index (κ1) is 22.7. The molecule has 0 aliphatic heterocycles. The molecule has 0 bridgehead atoms. The van der Waals surface area contributed by atoms with Crippen LogP contribution in [0.2, 0.25) is 0 Å². The predicted molar refractivity (Wildman–Crippen MR) is 64.5 cm³/mol. The number of alkyl halides is 12. The minimum absolute atomic E-state index is 0.0933. The number of halogens is 12. The summed E-state index contributed by atoms with van der Waals surface area (Å²) >= 11 is 0. The molecule has 0 atom stereocenters. The highest BCUT2D eigenvalue weighted by atomic mass is 19.4. The molecule has 0 aromatic heterocycles. The van der Waals surface area contributed by atoms with E-state index in [0.29, 0.717) is 18.2 Å². The Balaban J connectivity index is 3.27. The summed E-state index contributed by atoms with van der Waals surface area (Å²) in [6.07, 6.45) is -26.2. The molecular weight excluding hydrogens is 416 g/mol. The van der Waals surface area contributed by atoms with E-state index < -0.39 is 47.5 Å². The van der Waals surface area contributed by atoms with Gasteiger partial charge in [0.15, 0.2) is 0 Å². The van der Waals surface area contributed by atoms with Crippen LogP contribution in [0.4, 0.5) is 63.2 Å². The highest BCUT2D eigenvalue weighted by molar-refractivity contribution is 5.90. The third kappa shape index (κ3) is 4.50. The second-order valence-corrected chi connectivity index (χ2v) is 4.90. The van der Waals surface area contributed by atoms with Gasteiger partial charge in [-0.2, -0.15) is 52.7 Å². The summed E-state index contributed by atoms with van der Waals surface area (Å²) in [6, 6.07) is -0.931. The fourth-order valence-electron chi connectivity index (χ4n) is 1.80. The largest absolute Gasteiger partial charge is 0.429 e. The molecule has 1 aromatic rings. The van der Waals surface area contributed by atoms with Crippen LogP contribution in [0.25, 0.3) is 0 Å². The number of benzene rings is 1. The van der Waals surface area contributed by atoms with E-state index in [1.165, 1.54) is 0 Å². The minimum atomic E-state index is -7.06. The predicted octanol–water partition coefficient (Wildman–Crippen LogP) is 5.25. The lowest BCUT2D eigenvalue weighted by atomic mass is 9.97. The number of carbonyl (C=O) groups excluding carboxylic acids is 1. The summed E-state index contributed by atoms with van der Waals surface area (Å²) in [6.45, 7) is 0. The maximum Gasteiger partial charge on any atom is 0.429 e. The summed E-state index contributed by atoms with van der Waals surface area (Å²) in [7, 11) is 0. The molecule has 0 spiro atoms. The Labute approximate surface area is 141 Å². The van der Waals surface area contributed by atoms with Crippen LogP contribution in [0.15, 0.2) is 24.3 Å². The molecule has 0 radical (unpaired) electrons. The molecule has 0 heterocycles. The van der Waals surface area contributed by atoms with Gasteiger partial charge >= 0.3 is 36.3 Å².